The number of hydrogen-bond acceptors (Lipinski definition) is 5. The molecule has 1 aromatic carbocycles. The Bertz CT molecular complexity index is 966. The molecule has 6 nitrogen and oxygen atoms in total. The van der Waals surface area contributed by atoms with Crippen molar-refractivity contribution in [3.8, 4) is 0 Å². The van der Waals surface area contributed by atoms with Crippen molar-refractivity contribution < 1.29 is 15.0 Å². The number of hydrogen-bond donors (Lipinski definition) is 3. The maximum atomic E-state index is 13.0. The number of benzene rings is 1. The number of aliphatic hydroxyl groups excluding tert-OH is 1. The number of anilines is 1. The monoisotopic (exact) mass is 445 g/mol. The number of rotatable bonds is 5. The fourth-order valence-electron chi connectivity index (χ4n) is 5.09. The van der Waals surface area contributed by atoms with Gasteiger partial charge >= 0.3 is 0 Å². The van der Waals surface area contributed by atoms with Crippen molar-refractivity contribution in [1.29, 1.82) is 0 Å². The third-order valence-corrected chi connectivity index (χ3v) is 7.22. The zero-order chi connectivity index (χ0) is 22.2. The van der Waals surface area contributed by atoms with Gasteiger partial charge in [-0.25, -0.2) is 4.98 Å². The summed E-state index contributed by atoms with van der Waals surface area (Å²) in [5, 5.41) is 24.7. The van der Waals surface area contributed by atoms with Crippen LogP contribution in [-0.4, -0.2) is 52.4 Å². The number of aromatic nitrogens is 1. The minimum absolute atomic E-state index is 0.225. The molecule has 1 amide bonds. The van der Waals surface area contributed by atoms with Crippen LogP contribution in [0.1, 0.15) is 56.3 Å². The second kappa shape index (κ2) is 8.93. The van der Waals surface area contributed by atoms with E-state index >= 15 is 0 Å². The van der Waals surface area contributed by atoms with Gasteiger partial charge in [-0.1, -0.05) is 31.4 Å². The van der Waals surface area contributed by atoms with Gasteiger partial charge in [-0.05, 0) is 56.4 Å². The molecule has 2 heterocycles. The Kier molecular flexibility index (Phi) is 6.42. The van der Waals surface area contributed by atoms with Crippen LogP contribution < -0.4 is 10.2 Å². The van der Waals surface area contributed by atoms with Gasteiger partial charge in [0.05, 0.1) is 27.8 Å². The lowest BCUT2D eigenvalue weighted by Gasteiger charge is -2.35. The summed E-state index contributed by atoms with van der Waals surface area (Å²) in [5.74, 6) is 1.26. The van der Waals surface area contributed by atoms with E-state index in [-0.39, 0.29) is 24.5 Å². The summed E-state index contributed by atoms with van der Waals surface area (Å²) < 4.78 is 0. The number of halogens is 1. The van der Waals surface area contributed by atoms with Gasteiger partial charge in [0, 0.05) is 30.9 Å². The normalized spacial score (nSPS) is 27.5. The summed E-state index contributed by atoms with van der Waals surface area (Å²) in [6, 6.07) is 7.34. The van der Waals surface area contributed by atoms with E-state index in [1.807, 2.05) is 25.1 Å². The van der Waals surface area contributed by atoms with E-state index in [1.165, 1.54) is 0 Å². The Balaban J connectivity index is 1.53. The molecule has 0 bridgehead atoms. The molecule has 2 aliphatic rings. The van der Waals surface area contributed by atoms with Crippen molar-refractivity contribution in [3.05, 3.63) is 34.9 Å². The Labute approximate surface area is 188 Å². The minimum atomic E-state index is -0.855. The maximum Gasteiger partial charge on any atom is 0.253 e. The maximum absolute atomic E-state index is 13.0. The summed E-state index contributed by atoms with van der Waals surface area (Å²) in [6.45, 7) is 5.82. The van der Waals surface area contributed by atoms with E-state index in [0.29, 0.717) is 40.2 Å². The van der Waals surface area contributed by atoms with Crippen LogP contribution in [0.25, 0.3) is 10.9 Å². The number of aliphatic hydroxyl groups is 2. The Morgan fingerprint density at radius 3 is 2.87 bits per heavy atom. The van der Waals surface area contributed by atoms with Crippen molar-refractivity contribution in [1.82, 2.24) is 10.3 Å². The average molecular weight is 446 g/mol. The van der Waals surface area contributed by atoms with E-state index < -0.39 is 5.60 Å². The Morgan fingerprint density at radius 1 is 1.35 bits per heavy atom. The molecule has 168 valence electrons. The highest BCUT2D eigenvalue weighted by Crippen LogP contribution is 2.33. The predicted molar refractivity (Wildman–Crippen MR) is 124 cm³/mol. The summed E-state index contributed by atoms with van der Waals surface area (Å²) in [4.78, 5) is 20.0. The van der Waals surface area contributed by atoms with Crippen molar-refractivity contribution >= 4 is 34.2 Å². The molecule has 4 rings (SSSR count). The van der Waals surface area contributed by atoms with Crippen LogP contribution in [0.2, 0.25) is 5.02 Å². The number of carbonyl (C=O) groups is 1. The fourth-order valence-corrected chi connectivity index (χ4v) is 5.34. The average Bonchev–Trinajstić information content (AvgIpc) is 3.22. The molecule has 1 saturated carbocycles. The molecule has 7 heteroatoms. The van der Waals surface area contributed by atoms with Crippen LogP contribution in [-0.2, 0) is 0 Å². The largest absolute Gasteiger partial charge is 0.393 e. The fraction of sp³-hybridized carbons (Fsp3) is 0.583. The Hall–Kier alpha value is -1.89. The molecule has 1 aliphatic carbocycles. The van der Waals surface area contributed by atoms with Gasteiger partial charge < -0.3 is 20.4 Å². The second-order valence-corrected chi connectivity index (χ2v) is 9.91. The van der Waals surface area contributed by atoms with Crippen molar-refractivity contribution in [2.45, 2.75) is 57.7 Å². The molecule has 31 heavy (non-hydrogen) atoms. The summed E-state index contributed by atoms with van der Waals surface area (Å²) in [5.41, 5.74) is 0.248. The van der Waals surface area contributed by atoms with Gasteiger partial charge in [-0.3, -0.25) is 4.79 Å². The number of pyridine rings is 1. The topological polar surface area (TPSA) is 85.7 Å². The van der Waals surface area contributed by atoms with Crippen LogP contribution in [0.4, 0.5) is 5.82 Å². The highest BCUT2D eigenvalue weighted by molar-refractivity contribution is 6.35. The zero-order valence-electron chi connectivity index (χ0n) is 18.3. The first kappa shape index (κ1) is 22.3. The number of nitrogens with one attached hydrogen (secondary N) is 1. The van der Waals surface area contributed by atoms with Gasteiger partial charge in [0.15, 0.2) is 0 Å². The van der Waals surface area contributed by atoms with Crippen molar-refractivity contribution in [3.63, 3.8) is 0 Å². The molecule has 0 spiro atoms. The number of fused-ring (bicyclic) bond motifs is 1. The first-order valence-corrected chi connectivity index (χ1v) is 11.7. The summed E-state index contributed by atoms with van der Waals surface area (Å²) in [6.07, 6.45) is 4.10. The van der Waals surface area contributed by atoms with E-state index in [1.54, 1.807) is 6.07 Å². The van der Waals surface area contributed by atoms with Gasteiger partial charge in [0.2, 0.25) is 0 Å². The van der Waals surface area contributed by atoms with Gasteiger partial charge in [0.1, 0.15) is 5.82 Å². The predicted octanol–water partition coefficient (Wildman–Crippen LogP) is 3.77. The summed E-state index contributed by atoms with van der Waals surface area (Å²) in [7, 11) is 0. The van der Waals surface area contributed by atoms with E-state index in [0.717, 1.165) is 38.2 Å². The molecule has 1 saturated heterocycles. The smallest absolute Gasteiger partial charge is 0.253 e. The SMILES string of the molecule is CC(O)C1CCN(c2ccc3c(C(=O)NC[C@@]4(O)CCC[C@@H](C)C4)c(Cl)ccc3n2)C1. The van der Waals surface area contributed by atoms with Crippen LogP contribution in [0.5, 0.6) is 0 Å². The molecular weight excluding hydrogens is 414 g/mol. The van der Waals surface area contributed by atoms with Crippen LogP contribution in [0.15, 0.2) is 24.3 Å². The molecule has 3 N–H and O–H groups in total. The van der Waals surface area contributed by atoms with Crippen LogP contribution >= 0.6 is 11.6 Å². The van der Waals surface area contributed by atoms with E-state index in [4.69, 9.17) is 16.6 Å². The molecule has 4 atom stereocenters. The third-order valence-electron chi connectivity index (χ3n) is 6.91. The third kappa shape index (κ3) is 4.81. The molecule has 2 unspecified atom stereocenters. The highest BCUT2D eigenvalue weighted by atomic mass is 35.5. The molecule has 2 fully saturated rings. The quantitative estimate of drug-likeness (QED) is 0.652. The van der Waals surface area contributed by atoms with Crippen molar-refractivity contribution in [2.24, 2.45) is 11.8 Å². The second-order valence-electron chi connectivity index (χ2n) is 9.50. The van der Waals surface area contributed by atoms with E-state index in [2.05, 4.69) is 17.1 Å². The van der Waals surface area contributed by atoms with Crippen LogP contribution in [0, 0.1) is 11.8 Å². The lowest BCUT2D eigenvalue weighted by molar-refractivity contribution is -0.0109. The molecule has 0 radical (unpaired) electrons. The first-order chi connectivity index (χ1) is 14.8. The van der Waals surface area contributed by atoms with Gasteiger partial charge in [-0.2, -0.15) is 0 Å². The lowest BCUT2D eigenvalue weighted by Crippen LogP contribution is -2.45. The number of carbonyl (C=O) groups excluding carboxylic acids is 1. The molecular formula is C24H32ClN3O3. The van der Waals surface area contributed by atoms with Crippen LogP contribution in [0.3, 0.4) is 0 Å². The van der Waals surface area contributed by atoms with Gasteiger partial charge in [-0.15, -0.1) is 0 Å². The van der Waals surface area contributed by atoms with E-state index in [9.17, 15) is 15.0 Å². The van der Waals surface area contributed by atoms with Crippen molar-refractivity contribution in [2.75, 3.05) is 24.5 Å². The summed E-state index contributed by atoms with van der Waals surface area (Å²) >= 11 is 6.41. The molecule has 1 aliphatic heterocycles. The van der Waals surface area contributed by atoms with Gasteiger partial charge in [0.25, 0.3) is 5.91 Å². The zero-order valence-corrected chi connectivity index (χ0v) is 19.0. The first-order valence-electron chi connectivity index (χ1n) is 11.3. The minimum Gasteiger partial charge on any atom is -0.393 e. The molecule has 1 aromatic heterocycles. The number of nitrogens with zero attached hydrogens (tertiary/aromatic N) is 2. The Morgan fingerprint density at radius 2 is 2.16 bits per heavy atom. The lowest BCUT2D eigenvalue weighted by atomic mass is 9.79. The standard InChI is InChI=1S/C24H32ClN3O3/c1-15-4-3-10-24(31,12-15)14-26-23(30)22-18-5-8-21(27-20(18)7-6-19(22)25)28-11-9-17(13-28)16(2)29/h5-8,15-17,29,31H,3-4,9-14H2,1-2H3,(H,26,30)/t15-,16?,17?,24-/m1/s1. The highest BCUT2D eigenvalue weighted by Gasteiger charge is 2.33. The molecule has 2 aromatic rings. The number of amides is 1.